The largest absolute Gasteiger partial charge is 0.495 e. The number of carbonyl (C=O) groups excluding carboxylic acids is 1. The van der Waals surface area contributed by atoms with Gasteiger partial charge in [-0.2, -0.15) is 0 Å². The third-order valence-corrected chi connectivity index (χ3v) is 1.49. The number of carbonyl (C=O) groups is 1. The summed E-state index contributed by atoms with van der Waals surface area (Å²) in [6, 6.07) is 0. The van der Waals surface area contributed by atoms with Crippen LogP contribution in [0.1, 0.15) is 0 Å². The van der Waals surface area contributed by atoms with Crippen molar-refractivity contribution < 1.29 is 14.3 Å². The Morgan fingerprint density at radius 1 is 1.21 bits per heavy atom. The van der Waals surface area contributed by atoms with Crippen LogP contribution in [0.5, 0.6) is 0 Å². The molecule has 0 aromatic carbocycles. The monoisotopic (exact) mass is 199 g/mol. The fourth-order valence-corrected chi connectivity index (χ4v) is 0.607. The smallest absolute Gasteiger partial charge is 0.356 e. The molecular formula is C8H13N3O3. The van der Waals surface area contributed by atoms with Crippen LogP contribution in [-0.2, 0) is 14.3 Å². The second-order valence-corrected chi connectivity index (χ2v) is 2.32. The molecule has 0 saturated heterocycles. The summed E-state index contributed by atoms with van der Waals surface area (Å²) in [7, 11) is 2.50. The summed E-state index contributed by atoms with van der Waals surface area (Å²) >= 11 is 0. The molecule has 0 aliphatic carbocycles. The number of esters is 1. The van der Waals surface area contributed by atoms with Crippen molar-refractivity contribution in [3.8, 4) is 0 Å². The Bertz CT molecular complexity index is 307. The van der Waals surface area contributed by atoms with Gasteiger partial charge in [0.15, 0.2) is 0 Å². The highest BCUT2D eigenvalue weighted by molar-refractivity contribution is 6.11. The quantitative estimate of drug-likeness (QED) is 0.244. The van der Waals surface area contributed by atoms with Gasteiger partial charge < -0.3 is 20.9 Å². The van der Waals surface area contributed by atoms with Crippen LogP contribution >= 0.6 is 0 Å². The van der Waals surface area contributed by atoms with E-state index >= 15 is 0 Å². The molecule has 6 nitrogen and oxygen atoms in total. The third-order valence-electron chi connectivity index (χ3n) is 1.49. The highest BCUT2D eigenvalue weighted by atomic mass is 16.5. The molecule has 0 atom stereocenters. The Hall–Kier alpha value is -1.98. The van der Waals surface area contributed by atoms with E-state index in [0.29, 0.717) is 0 Å². The van der Waals surface area contributed by atoms with E-state index < -0.39 is 5.97 Å². The van der Waals surface area contributed by atoms with E-state index in [2.05, 4.69) is 16.1 Å². The van der Waals surface area contributed by atoms with Crippen LogP contribution in [0.2, 0.25) is 0 Å². The fraction of sp³-hybridized carbons (Fsp3) is 0.250. The van der Waals surface area contributed by atoms with Crippen molar-refractivity contribution in [2.24, 2.45) is 11.5 Å². The van der Waals surface area contributed by atoms with Crippen LogP contribution < -0.4 is 11.5 Å². The number of ether oxygens (including phenoxy) is 2. The standard InChI is InChI=1S/C8H13N3O3/c1-4(13-2)5(9)6(10)7(11)8(12)14-3/h9H,1,10-11H2,2-3H3/b7-6+,9-5?. The van der Waals surface area contributed by atoms with E-state index in [0.717, 1.165) is 7.11 Å². The van der Waals surface area contributed by atoms with E-state index in [1.807, 2.05) is 0 Å². The van der Waals surface area contributed by atoms with Gasteiger partial charge in [-0.3, -0.25) is 5.41 Å². The van der Waals surface area contributed by atoms with Crippen LogP contribution in [0, 0.1) is 5.41 Å². The molecule has 0 aromatic rings. The van der Waals surface area contributed by atoms with Crippen LogP contribution in [0.25, 0.3) is 0 Å². The topological polar surface area (TPSA) is 111 Å². The Kier molecular flexibility index (Phi) is 4.21. The summed E-state index contributed by atoms with van der Waals surface area (Å²) in [5, 5.41) is 7.40. The van der Waals surface area contributed by atoms with Crippen molar-refractivity contribution in [2.75, 3.05) is 14.2 Å². The molecule has 0 bridgehead atoms. The van der Waals surface area contributed by atoms with E-state index in [4.69, 9.17) is 16.9 Å². The van der Waals surface area contributed by atoms with Gasteiger partial charge in [0.05, 0.1) is 19.9 Å². The summed E-state index contributed by atoms with van der Waals surface area (Å²) in [6.07, 6.45) is 0. The zero-order valence-corrected chi connectivity index (χ0v) is 8.09. The molecule has 0 saturated carbocycles. The van der Waals surface area contributed by atoms with Gasteiger partial charge in [-0.25, -0.2) is 4.79 Å². The van der Waals surface area contributed by atoms with Gasteiger partial charge in [-0.1, -0.05) is 6.58 Å². The molecule has 0 amide bonds. The Labute approximate surface area is 81.7 Å². The van der Waals surface area contributed by atoms with Gasteiger partial charge in [-0.05, 0) is 0 Å². The van der Waals surface area contributed by atoms with Crippen molar-refractivity contribution in [2.45, 2.75) is 0 Å². The second kappa shape index (κ2) is 4.90. The molecule has 14 heavy (non-hydrogen) atoms. The van der Waals surface area contributed by atoms with E-state index in [1.54, 1.807) is 0 Å². The van der Waals surface area contributed by atoms with Crippen LogP contribution in [-0.4, -0.2) is 25.9 Å². The summed E-state index contributed by atoms with van der Waals surface area (Å²) in [5.74, 6) is -0.773. The summed E-state index contributed by atoms with van der Waals surface area (Å²) < 4.78 is 8.98. The Morgan fingerprint density at radius 3 is 2.07 bits per heavy atom. The number of rotatable bonds is 4. The van der Waals surface area contributed by atoms with Crippen molar-refractivity contribution >= 4 is 11.7 Å². The molecular weight excluding hydrogens is 186 g/mol. The van der Waals surface area contributed by atoms with Gasteiger partial charge in [-0.15, -0.1) is 0 Å². The average Bonchev–Trinajstić information content (AvgIpc) is 2.23. The van der Waals surface area contributed by atoms with Crippen LogP contribution in [0.15, 0.2) is 23.7 Å². The maximum atomic E-state index is 10.9. The first-order valence-corrected chi connectivity index (χ1v) is 3.61. The maximum Gasteiger partial charge on any atom is 0.356 e. The predicted molar refractivity (Wildman–Crippen MR) is 51.3 cm³/mol. The van der Waals surface area contributed by atoms with E-state index in [-0.39, 0.29) is 22.9 Å². The molecule has 0 rings (SSSR count). The first-order valence-electron chi connectivity index (χ1n) is 3.61. The minimum absolute atomic E-state index is 0.0225. The number of hydrogen-bond acceptors (Lipinski definition) is 6. The average molecular weight is 199 g/mol. The zero-order valence-electron chi connectivity index (χ0n) is 8.09. The predicted octanol–water partition coefficient (Wildman–Crippen LogP) is -0.532. The van der Waals surface area contributed by atoms with E-state index in [1.165, 1.54) is 7.11 Å². The molecule has 0 aromatic heterocycles. The summed E-state index contributed by atoms with van der Waals surface area (Å²) in [6.45, 7) is 3.39. The molecule has 0 spiro atoms. The fourth-order valence-electron chi connectivity index (χ4n) is 0.607. The molecule has 78 valence electrons. The zero-order chi connectivity index (χ0) is 11.3. The van der Waals surface area contributed by atoms with Gasteiger partial charge >= 0.3 is 5.97 Å². The highest BCUT2D eigenvalue weighted by Gasteiger charge is 2.15. The lowest BCUT2D eigenvalue weighted by Crippen LogP contribution is -2.25. The summed E-state index contributed by atoms with van der Waals surface area (Å²) in [5.41, 5.74) is 9.91. The molecule has 0 radical (unpaired) electrons. The lowest BCUT2D eigenvalue weighted by atomic mass is 10.2. The van der Waals surface area contributed by atoms with Crippen molar-refractivity contribution in [3.63, 3.8) is 0 Å². The van der Waals surface area contributed by atoms with Crippen molar-refractivity contribution in [1.29, 1.82) is 5.41 Å². The normalized spacial score (nSPS) is 11.3. The number of nitrogens with two attached hydrogens (primary N) is 2. The minimum atomic E-state index is -0.795. The number of hydrogen-bond donors (Lipinski definition) is 3. The molecule has 0 heterocycles. The maximum absolute atomic E-state index is 10.9. The number of methoxy groups -OCH3 is 2. The highest BCUT2D eigenvalue weighted by Crippen LogP contribution is 2.03. The third kappa shape index (κ3) is 2.51. The Morgan fingerprint density at radius 2 is 1.71 bits per heavy atom. The Balaban J connectivity index is 4.91. The first kappa shape index (κ1) is 12.0. The molecule has 6 heteroatoms. The number of nitrogens with one attached hydrogen (secondary N) is 1. The van der Waals surface area contributed by atoms with Gasteiger partial charge in [0.2, 0.25) is 0 Å². The lowest BCUT2D eigenvalue weighted by molar-refractivity contribution is -0.136. The SMILES string of the molecule is C=C(OC)C(=N)/C(N)=C(\N)C(=O)OC. The minimum Gasteiger partial charge on any atom is -0.495 e. The summed E-state index contributed by atoms with van der Waals surface area (Å²) in [4.78, 5) is 10.9. The van der Waals surface area contributed by atoms with Crippen LogP contribution in [0.3, 0.4) is 0 Å². The van der Waals surface area contributed by atoms with Gasteiger partial charge in [0, 0.05) is 0 Å². The van der Waals surface area contributed by atoms with E-state index in [9.17, 15) is 4.79 Å². The van der Waals surface area contributed by atoms with Gasteiger partial charge in [0.25, 0.3) is 0 Å². The first-order chi connectivity index (χ1) is 6.45. The van der Waals surface area contributed by atoms with Crippen molar-refractivity contribution in [1.82, 2.24) is 0 Å². The van der Waals surface area contributed by atoms with Gasteiger partial charge in [0.1, 0.15) is 17.2 Å². The lowest BCUT2D eigenvalue weighted by Gasteiger charge is -2.08. The molecule has 0 unspecified atom stereocenters. The van der Waals surface area contributed by atoms with Crippen molar-refractivity contribution in [3.05, 3.63) is 23.7 Å². The molecule has 0 aliphatic heterocycles. The molecule has 0 aliphatic rings. The van der Waals surface area contributed by atoms with Crippen LogP contribution in [0.4, 0.5) is 0 Å². The second-order valence-electron chi connectivity index (χ2n) is 2.32. The molecule has 0 fully saturated rings. The molecule has 5 N–H and O–H groups in total.